The van der Waals surface area contributed by atoms with Gasteiger partial charge in [-0.3, -0.25) is 9.59 Å². The molecule has 26 heavy (non-hydrogen) atoms. The lowest BCUT2D eigenvalue weighted by molar-refractivity contribution is -0.117. The molecule has 2 aromatic rings. The summed E-state index contributed by atoms with van der Waals surface area (Å²) in [5.74, 6) is 0.376. The van der Waals surface area contributed by atoms with Gasteiger partial charge in [-0.1, -0.05) is 18.9 Å². The fraction of sp³-hybridized carbons (Fsp3) is 0.400. The van der Waals surface area contributed by atoms with Crippen molar-refractivity contribution in [3.05, 3.63) is 48.4 Å². The zero-order valence-electron chi connectivity index (χ0n) is 14.5. The van der Waals surface area contributed by atoms with Crippen molar-refractivity contribution in [1.29, 1.82) is 0 Å². The van der Waals surface area contributed by atoms with Crippen LogP contribution < -0.4 is 16.0 Å². The molecule has 3 N–H and O–H groups in total. The van der Waals surface area contributed by atoms with E-state index in [9.17, 15) is 9.59 Å². The van der Waals surface area contributed by atoms with Crippen LogP contribution >= 0.6 is 0 Å². The van der Waals surface area contributed by atoms with E-state index in [0.29, 0.717) is 28.9 Å². The molecule has 0 radical (unpaired) electrons. The Balaban J connectivity index is 1.37. The average molecular weight is 353 g/mol. The normalized spacial score (nSPS) is 24.7. The van der Waals surface area contributed by atoms with Crippen molar-refractivity contribution >= 4 is 23.2 Å². The topological polar surface area (TPSA) is 83.4 Å². The summed E-state index contributed by atoms with van der Waals surface area (Å²) in [5.41, 5.74) is 1.76. The Morgan fingerprint density at radius 3 is 2.65 bits per heavy atom. The van der Waals surface area contributed by atoms with E-state index in [0.717, 1.165) is 6.42 Å². The summed E-state index contributed by atoms with van der Waals surface area (Å²) in [5, 5.41) is 9.26. The molecule has 1 saturated heterocycles. The van der Waals surface area contributed by atoms with Gasteiger partial charge in [0, 0.05) is 17.4 Å². The summed E-state index contributed by atoms with van der Waals surface area (Å²) in [7, 11) is 0. The quantitative estimate of drug-likeness (QED) is 0.787. The Bertz CT molecular complexity index is 773. The molecule has 2 aliphatic rings. The van der Waals surface area contributed by atoms with E-state index < -0.39 is 0 Å². The van der Waals surface area contributed by atoms with Crippen LogP contribution in [0.5, 0.6) is 0 Å². The minimum atomic E-state index is -0.247. The molecule has 2 amide bonds. The number of hydrogen-bond acceptors (Lipinski definition) is 4. The van der Waals surface area contributed by atoms with Crippen molar-refractivity contribution in [2.45, 2.75) is 44.2 Å². The van der Waals surface area contributed by atoms with Gasteiger partial charge in [0.2, 0.25) is 5.91 Å². The molecule has 136 valence electrons. The second-order valence-electron chi connectivity index (χ2n) is 7.14. The largest absolute Gasteiger partial charge is 0.472 e. The van der Waals surface area contributed by atoms with Gasteiger partial charge in [0.15, 0.2) is 0 Å². The molecule has 2 heterocycles. The van der Waals surface area contributed by atoms with E-state index in [4.69, 9.17) is 4.42 Å². The summed E-state index contributed by atoms with van der Waals surface area (Å²) in [6.45, 7) is 0. The lowest BCUT2D eigenvalue weighted by atomic mass is 9.85. The first kappa shape index (κ1) is 16.8. The lowest BCUT2D eigenvalue weighted by Crippen LogP contribution is -2.39. The van der Waals surface area contributed by atoms with E-state index in [1.54, 1.807) is 18.2 Å². The van der Waals surface area contributed by atoms with E-state index in [1.165, 1.54) is 38.2 Å². The van der Waals surface area contributed by atoms with Gasteiger partial charge in [-0.05, 0) is 49.4 Å². The molecule has 4 rings (SSSR count). The summed E-state index contributed by atoms with van der Waals surface area (Å²) in [4.78, 5) is 24.7. The Hall–Kier alpha value is -2.60. The van der Waals surface area contributed by atoms with Gasteiger partial charge >= 0.3 is 0 Å². The number of benzene rings is 1. The van der Waals surface area contributed by atoms with Crippen molar-refractivity contribution in [1.82, 2.24) is 5.32 Å². The minimum Gasteiger partial charge on any atom is -0.472 e. The van der Waals surface area contributed by atoms with Crippen LogP contribution in [0.3, 0.4) is 0 Å². The van der Waals surface area contributed by atoms with Crippen molar-refractivity contribution < 1.29 is 14.0 Å². The summed E-state index contributed by atoms with van der Waals surface area (Å²) >= 11 is 0. The molecule has 6 nitrogen and oxygen atoms in total. The second-order valence-corrected chi connectivity index (χ2v) is 7.14. The molecular weight excluding hydrogens is 330 g/mol. The van der Waals surface area contributed by atoms with Crippen molar-refractivity contribution in [2.24, 2.45) is 5.92 Å². The third-order valence-corrected chi connectivity index (χ3v) is 5.35. The molecule has 1 saturated carbocycles. The highest BCUT2D eigenvalue weighted by atomic mass is 16.3. The smallest absolute Gasteiger partial charge is 0.258 e. The molecule has 0 spiro atoms. The SMILES string of the molecule is O=C(Nc1cccc(NC(=O)C2CC3CCCCC3N2)c1)c1ccoc1. The second kappa shape index (κ2) is 7.33. The number of anilines is 2. The van der Waals surface area contributed by atoms with Crippen LogP contribution in [-0.4, -0.2) is 23.9 Å². The fourth-order valence-corrected chi connectivity index (χ4v) is 4.02. The predicted octanol–water partition coefficient (Wildman–Crippen LogP) is 3.39. The summed E-state index contributed by atoms with van der Waals surface area (Å²) in [6.07, 6.45) is 8.68. The first-order chi connectivity index (χ1) is 12.7. The number of carbonyl (C=O) groups excluding carboxylic acids is 2. The molecule has 1 aromatic carbocycles. The first-order valence-corrected chi connectivity index (χ1v) is 9.19. The Morgan fingerprint density at radius 2 is 1.88 bits per heavy atom. The number of fused-ring (bicyclic) bond motifs is 1. The van der Waals surface area contributed by atoms with Crippen LogP contribution in [0.25, 0.3) is 0 Å². The van der Waals surface area contributed by atoms with Crippen molar-refractivity contribution in [2.75, 3.05) is 10.6 Å². The predicted molar refractivity (Wildman–Crippen MR) is 99.0 cm³/mol. The maximum Gasteiger partial charge on any atom is 0.258 e. The third-order valence-electron chi connectivity index (χ3n) is 5.35. The highest BCUT2D eigenvalue weighted by Crippen LogP contribution is 2.33. The van der Waals surface area contributed by atoms with Gasteiger partial charge in [-0.25, -0.2) is 0 Å². The fourth-order valence-electron chi connectivity index (χ4n) is 4.02. The van der Waals surface area contributed by atoms with E-state index in [-0.39, 0.29) is 17.9 Å². The number of carbonyl (C=O) groups is 2. The van der Waals surface area contributed by atoms with Gasteiger partial charge in [-0.2, -0.15) is 0 Å². The monoisotopic (exact) mass is 353 g/mol. The molecular formula is C20H23N3O3. The van der Waals surface area contributed by atoms with Gasteiger partial charge in [0.1, 0.15) is 6.26 Å². The van der Waals surface area contributed by atoms with E-state index in [2.05, 4.69) is 16.0 Å². The van der Waals surface area contributed by atoms with Gasteiger partial charge < -0.3 is 20.4 Å². The maximum atomic E-state index is 12.6. The zero-order chi connectivity index (χ0) is 17.9. The van der Waals surface area contributed by atoms with Gasteiger partial charge in [0.25, 0.3) is 5.91 Å². The number of nitrogens with one attached hydrogen (secondary N) is 3. The van der Waals surface area contributed by atoms with Gasteiger partial charge in [0.05, 0.1) is 17.9 Å². The number of rotatable bonds is 4. The van der Waals surface area contributed by atoms with E-state index in [1.807, 2.05) is 12.1 Å². The van der Waals surface area contributed by atoms with Crippen LogP contribution in [0.2, 0.25) is 0 Å². The Kier molecular flexibility index (Phi) is 4.75. The van der Waals surface area contributed by atoms with Crippen molar-refractivity contribution in [3.8, 4) is 0 Å². The molecule has 6 heteroatoms. The number of amides is 2. The molecule has 1 aromatic heterocycles. The summed E-state index contributed by atoms with van der Waals surface area (Å²) < 4.78 is 4.92. The lowest BCUT2D eigenvalue weighted by Gasteiger charge is -2.24. The van der Waals surface area contributed by atoms with Crippen LogP contribution in [0.15, 0.2) is 47.3 Å². The minimum absolute atomic E-state index is 0.00212. The Labute approximate surface area is 152 Å². The van der Waals surface area contributed by atoms with Gasteiger partial charge in [-0.15, -0.1) is 0 Å². The standard InChI is InChI=1S/C20H23N3O3/c24-19(14-8-9-26-12-14)21-15-5-3-6-16(11-15)22-20(25)18-10-13-4-1-2-7-17(13)23-18/h3,5-6,8-9,11-13,17-18,23H,1-2,4,7,10H2,(H,21,24)(H,22,25). The van der Waals surface area contributed by atoms with Crippen LogP contribution in [-0.2, 0) is 4.79 Å². The highest BCUT2D eigenvalue weighted by molar-refractivity contribution is 6.04. The van der Waals surface area contributed by atoms with E-state index >= 15 is 0 Å². The zero-order valence-corrected chi connectivity index (χ0v) is 14.5. The highest BCUT2D eigenvalue weighted by Gasteiger charge is 2.38. The molecule has 2 fully saturated rings. The molecule has 0 bridgehead atoms. The maximum absolute atomic E-state index is 12.6. The molecule has 1 aliphatic carbocycles. The van der Waals surface area contributed by atoms with Crippen LogP contribution in [0.1, 0.15) is 42.5 Å². The number of hydrogen-bond donors (Lipinski definition) is 3. The van der Waals surface area contributed by atoms with Crippen molar-refractivity contribution in [3.63, 3.8) is 0 Å². The molecule has 3 unspecified atom stereocenters. The molecule has 3 atom stereocenters. The Morgan fingerprint density at radius 1 is 1.08 bits per heavy atom. The van der Waals surface area contributed by atoms with Crippen LogP contribution in [0, 0.1) is 5.92 Å². The molecule has 1 aliphatic heterocycles. The van der Waals surface area contributed by atoms with Crippen LogP contribution in [0.4, 0.5) is 11.4 Å². The summed E-state index contributed by atoms with van der Waals surface area (Å²) in [6, 6.07) is 9.14. The third kappa shape index (κ3) is 3.65. The first-order valence-electron chi connectivity index (χ1n) is 9.19. The number of furan rings is 1. The average Bonchev–Trinajstić information content (AvgIpc) is 3.31.